The summed E-state index contributed by atoms with van der Waals surface area (Å²) in [6, 6.07) is 6.04. The van der Waals surface area contributed by atoms with E-state index in [4.69, 9.17) is 4.74 Å². The van der Waals surface area contributed by atoms with Crippen LogP contribution < -0.4 is 10.1 Å². The van der Waals surface area contributed by atoms with Crippen LogP contribution in [0.5, 0.6) is 11.5 Å². The molecule has 1 aromatic rings. The first-order valence-electron chi connectivity index (χ1n) is 6.18. The van der Waals surface area contributed by atoms with Gasteiger partial charge in [-0.3, -0.25) is 0 Å². The van der Waals surface area contributed by atoms with E-state index in [1.807, 2.05) is 12.1 Å². The number of methoxy groups -OCH3 is 1. The van der Waals surface area contributed by atoms with E-state index in [-0.39, 0.29) is 5.75 Å². The first-order chi connectivity index (χ1) is 8.10. The van der Waals surface area contributed by atoms with Crippen molar-refractivity contribution in [2.24, 2.45) is 5.92 Å². The fourth-order valence-corrected chi connectivity index (χ4v) is 1.97. The summed E-state index contributed by atoms with van der Waals surface area (Å²) in [6.07, 6.45) is 1.09. The van der Waals surface area contributed by atoms with Crippen molar-refractivity contribution in [3.63, 3.8) is 0 Å². The lowest BCUT2D eigenvalue weighted by Crippen LogP contribution is -2.32. The minimum absolute atomic E-state index is 0.237. The maximum Gasteiger partial charge on any atom is 0.162 e. The molecule has 0 amide bonds. The molecular weight excluding hydrogens is 214 g/mol. The highest BCUT2D eigenvalue weighted by Gasteiger charge is 2.12. The summed E-state index contributed by atoms with van der Waals surface area (Å²) in [6.45, 7) is 7.24. The van der Waals surface area contributed by atoms with E-state index >= 15 is 0 Å². The Kier molecular flexibility index (Phi) is 5.29. The smallest absolute Gasteiger partial charge is 0.162 e. The molecule has 1 unspecified atom stereocenters. The molecule has 0 fully saturated rings. The number of phenols is 1. The second-order valence-corrected chi connectivity index (χ2v) is 4.61. The van der Waals surface area contributed by atoms with Gasteiger partial charge in [0.25, 0.3) is 0 Å². The molecule has 0 aliphatic rings. The molecule has 0 saturated carbocycles. The number of hydrogen-bond acceptors (Lipinski definition) is 3. The van der Waals surface area contributed by atoms with Gasteiger partial charge in [0.05, 0.1) is 7.11 Å². The van der Waals surface area contributed by atoms with Crippen LogP contribution in [0.2, 0.25) is 0 Å². The Bertz CT molecular complexity index is 350. The highest BCUT2D eigenvalue weighted by molar-refractivity contribution is 5.45. The van der Waals surface area contributed by atoms with E-state index in [0.29, 0.717) is 24.3 Å². The third-order valence-electron chi connectivity index (χ3n) is 3.10. The molecule has 1 atom stereocenters. The van der Waals surface area contributed by atoms with Crippen molar-refractivity contribution in [3.8, 4) is 11.5 Å². The normalized spacial score (nSPS) is 12.8. The standard InChI is InChI=1S/C14H23NO2/c1-5-12(10(2)3)15-9-11-7-6-8-13(17-4)14(11)16/h6-8,10,12,15-16H,5,9H2,1-4H3. The molecule has 0 aliphatic carbocycles. The predicted molar refractivity (Wildman–Crippen MR) is 70.4 cm³/mol. The molecule has 96 valence electrons. The molecular formula is C14H23NO2. The summed E-state index contributed by atoms with van der Waals surface area (Å²) >= 11 is 0. The highest BCUT2D eigenvalue weighted by Crippen LogP contribution is 2.29. The number of para-hydroxylation sites is 1. The van der Waals surface area contributed by atoms with Crippen molar-refractivity contribution in [2.75, 3.05) is 7.11 Å². The molecule has 3 heteroatoms. The zero-order valence-corrected chi connectivity index (χ0v) is 11.2. The van der Waals surface area contributed by atoms with Gasteiger partial charge in [0.2, 0.25) is 0 Å². The van der Waals surface area contributed by atoms with Gasteiger partial charge in [0, 0.05) is 18.2 Å². The molecule has 0 radical (unpaired) electrons. The quantitative estimate of drug-likeness (QED) is 0.799. The van der Waals surface area contributed by atoms with E-state index in [9.17, 15) is 5.11 Å². The molecule has 1 rings (SSSR count). The molecule has 0 saturated heterocycles. The van der Waals surface area contributed by atoms with Crippen molar-refractivity contribution < 1.29 is 9.84 Å². The van der Waals surface area contributed by atoms with Crippen LogP contribution in [0.25, 0.3) is 0 Å². The molecule has 0 spiro atoms. The Morgan fingerprint density at radius 3 is 2.59 bits per heavy atom. The summed E-state index contributed by atoms with van der Waals surface area (Å²) in [5, 5.41) is 13.4. The Hall–Kier alpha value is -1.22. The average Bonchev–Trinajstić information content (AvgIpc) is 2.31. The van der Waals surface area contributed by atoms with Gasteiger partial charge < -0.3 is 15.2 Å². The zero-order chi connectivity index (χ0) is 12.8. The minimum Gasteiger partial charge on any atom is -0.504 e. The van der Waals surface area contributed by atoms with Crippen LogP contribution in [0.15, 0.2) is 18.2 Å². The summed E-state index contributed by atoms with van der Waals surface area (Å²) < 4.78 is 5.09. The van der Waals surface area contributed by atoms with Crippen molar-refractivity contribution >= 4 is 0 Å². The summed E-state index contributed by atoms with van der Waals surface area (Å²) in [4.78, 5) is 0. The predicted octanol–water partition coefficient (Wildman–Crippen LogP) is 2.93. The summed E-state index contributed by atoms with van der Waals surface area (Å²) in [5.74, 6) is 1.36. The second kappa shape index (κ2) is 6.50. The van der Waals surface area contributed by atoms with Crippen LogP contribution in [-0.2, 0) is 6.54 Å². The van der Waals surface area contributed by atoms with Gasteiger partial charge in [-0.15, -0.1) is 0 Å². The molecule has 0 heterocycles. The van der Waals surface area contributed by atoms with Gasteiger partial charge in [-0.1, -0.05) is 32.9 Å². The number of phenolic OH excluding ortho intramolecular Hbond substituents is 1. The van der Waals surface area contributed by atoms with E-state index in [1.165, 1.54) is 0 Å². The number of aromatic hydroxyl groups is 1. The van der Waals surface area contributed by atoms with Gasteiger partial charge in [-0.05, 0) is 18.4 Å². The monoisotopic (exact) mass is 237 g/mol. The Labute approximate surface area is 104 Å². The Morgan fingerprint density at radius 2 is 2.06 bits per heavy atom. The van der Waals surface area contributed by atoms with Crippen molar-refractivity contribution in [2.45, 2.75) is 39.8 Å². The Balaban J connectivity index is 2.69. The van der Waals surface area contributed by atoms with Crippen LogP contribution >= 0.6 is 0 Å². The van der Waals surface area contributed by atoms with E-state index < -0.39 is 0 Å². The maximum atomic E-state index is 9.95. The summed E-state index contributed by atoms with van der Waals surface area (Å²) in [5.41, 5.74) is 0.878. The SMILES string of the molecule is CCC(NCc1cccc(OC)c1O)C(C)C. The van der Waals surface area contributed by atoms with Crippen molar-refractivity contribution in [1.82, 2.24) is 5.32 Å². The van der Waals surface area contributed by atoms with Gasteiger partial charge in [0.15, 0.2) is 11.5 Å². The first-order valence-corrected chi connectivity index (χ1v) is 6.18. The van der Waals surface area contributed by atoms with Crippen LogP contribution in [0.1, 0.15) is 32.8 Å². The molecule has 0 aromatic heterocycles. The molecule has 1 aromatic carbocycles. The summed E-state index contributed by atoms with van der Waals surface area (Å²) in [7, 11) is 1.56. The molecule has 0 bridgehead atoms. The molecule has 17 heavy (non-hydrogen) atoms. The van der Waals surface area contributed by atoms with Crippen molar-refractivity contribution in [3.05, 3.63) is 23.8 Å². The largest absolute Gasteiger partial charge is 0.504 e. The molecule has 0 aliphatic heterocycles. The Morgan fingerprint density at radius 1 is 1.35 bits per heavy atom. The number of hydrogen-bond donors (Lipinski definition) is 2. The topological polar surface area (TPSA) is 41.5 Å². The third kappa shape index (κ3) is 3.63. The molecule has 2 N–H and O–H groups in total. The zero-order valence-electron chi connectivity index (χ0n) is 11.2. The fraction of sp³-hybridized carbons (Fsp3) is 0.571. The van der Waals surface area contributed by atoms with Crippen LogP contribution in [0.4, 0.5) is 0 Å². The fourth-order valence-electron chi connectivity index (χ4n) is 1.97. The number of rotatable bonds is 6. The average molecular weight is 237 g/mol. The lowest BCUT2D eigenvalue weighted by Gasteiger charge is -2.21. The third-order valence-corrected chi connectivity index (χ3v) is 3.10. The molecule has 3 nitrogen and oxygen atoms in total. The van der Waals surface area contributed by atoms with Crippen molar-refractivity contribution in [1.29, 1.82) is 0 Å². The number of benzene rings is 1. The van der Waals surface area contributed by atoms with Crippen LogP contribution in [0, 0.1) is 5.92 Å². The second-order valence-electron chi connectivity index (χ2n) is 4.61. The lowest BCUT2D eigenvalue weighted by atomic mass is 10.0. The van der Waals surface area contributed by atoms with Crippen LogP contribution in [0.3, 0.4) is 0 Å². The van der Waals surface area contributed by atoms with Gasteiger partial charge >= 0.3 is 0 Å². The van der Waals surface area contributed by atoms with Gasteiger partial charge in [-0.2, -0.15) is 0 Å². The first kappa shape index (κ1) is 13.8. The van der Waals surface area contributed by atoms with Gasteiger partial charge in [-0.25, -0.2) is 0 Å². The van der Waals surface area contributed by atoms with Gasteiger partial charge in [0.1, 0.15) is 0 Å². The van der Waals surface area contributed by atoms with E-state index in [2.05, 4.69) is 26.1 Å². The van der Waals surface area contributed by atoms with E-state index in [1.54, 1.807) is 13.2 Å². The van der Waals surface area contributed by atoms with E-state index in [0.717, 1.165) is 12.0 Å². The van der Waals surface area contributed by atoms with Crippen LogP contribution in [-0.4, -0.2) is 18.3 Å². The number of ether oxygens (including phenoxy) is 1. The highest BCUT2D eigenvalue weighted by atomic mass is 16.5. The maximum absolute atomic E-state index is 9.95. The minimum atomic E-state index is 0.237. The number of nitrogens with one attached hydrogen (secondary N) is 1. The lowest BCUT2D eigenvalue weighted by molar-refractivity contribution is 0.361.